The predicted molar refractivity (Wildman–Crippen MR) is 241 cm³/mol. The van der Waals surface area contributed by atoms with Gasteiger partial charge in [0, 0.05) is 6.42 Å². The molecule has 0 aliphatic carbocycles. The normalized spacial score (nSPS) is 15.8. The van der Waals surface area contributed by atoms with E-state index in [0.717, 1.165) is 38.5 Å². The molecule has 0 aromatic heterocycles. The van der Waals surface area contributed by atoms with Gasteiger partial charge in [0.25, 0.3) is 0 Å². The fourth-order valence-corrected chi connectivity index (χ4v) is 8.63. The summed E-state index contributed by atoms with van der Waals surface area (Å²) in [6.07, 6.45) is 28.6. The second kappa shape index (κ2) is 41.4. The van der Waals surface area contributed by atoms with Crippen molar-refractivity contribution in [3.8, 4) is 0 Å². The second-order valence-corrected chi connectivity index (χ2v) is 17.6. The van der Waals surface area contributed by atoms with E-state index in [4.69, 9.17) is 5.11 Å². The molecule has 0 heterocycles. The van der Waals surface area contributed by atoms with Gasteiger partial charge in [0.05, 0.1) is 56.3 Å². The fourth-order valence-electron chi connectivity index (χ4n) is 8.63. The minimum absolute atomic E-state index is 0.168. The highest BCUT2D eigenvalue weighted by Gasteiger charge is 2.58. The standard InChI is InChI=1S/C30H60O10.C18H34O2/c1-2-3-4-5-6-7-8-9-10-11-12-13-14-15-29(16-24(35)20-31,17-25(36)21-32)30(28(39)40,18-26(37)22-33)19-27(38)23-34;1-2-3-4-5-6-7-8-9-10-11-12-13-14-15-16-17-18(19)20/h24-27,31-38H,2-23H2,1H3,(H,39,40);9-10H,2-8,11-17H2,1H3,(H,19,20)/b;10-9-. The average molecular weight is 863 g/mol. The molecule has 0 saturated heterocycles. The van der Waals surface area contributed by atoms with Gasteiger partial charge < -0.3 is 51.1 Å². The van der Waals surface area contributed by atoms with E-state index < -0.39 is 86.5 Å². The van der Waals surface area contributed by atoms with Crippen LogP contribution in [0, 0.1) is 10.8 Å². The van der Waals surface area contributed by atoms with Crippen LogP contribution < -0.4 is 0 Å². The first kappa shape index (κ1) is 60.4. The van der Waals surface area contributed by atoms with Crippen LogP contribution in [0.5, 0.6) is 0 Å². The number of aliphatic hydroxyl groups is 8. The number of allylic oxidation sites excluding steroid dienone is 2. The Kier molecular flexibility index (Phi) is 41.7. The Morgan fingerprint density at radius 2 is 0.733 bits per heavy atom. The van der Waals surface area contributed by atoms with Gasteiger partial charge in [0.15, 0.2) is 0 Å². The molecule has 4 atom stereocenters. The molecule has 12 heteroatoms. The second-order valence-electron chi connectivity index (χ2n) is 17.6. The van der Waals surface area contributed by atoms with Gasteiger partial charge in [0.1, 0.15) is 0 Å². The van der Waals surface area contributed by atoms with Gasteiger partial charge in [-0.25, -0.2) is 0 Å². The Hall–Kier alpha value is -1.64. The highest BCUT2D eigenvalue weighted by molar-refractivity contribution is 5.76. The lowest BCUT2D eigenvalue weighted by atomic mass is 9.52. The van der Waals surface area contributed by atoms with E-state index in [0.29, 0.717) is 12.8 Å². The van der Waals surface area contributed by atoms with Gasteiger partial charge in [-0.3, -0.25) is 9.59 Å². The Morgan fingerprint density at radius 1 is 0.433 bits per heavy atom. The summed E-state index contributed by atoms with van der Waals surface area (Å²) in [6, 6.07) is 0. The van der Waals surface area contributed by atoms with Gasteiger partial charge >= 0.3 is 11.9 Å². The lowest BCUT2D eigenvalue weighted by Gasteiger charge is -2.51. The van der Waals surface area contributed by atoms with Crippen LogP contribution in [-0.4, -0.2) is 114 Å². The summed E-state index contributed by atoms with van der Waals surface area (Å²) >= 11 is 0. The molecule has 4 unspecified atom stereocenters. The summed E-state index contributed by atoms with van der Waals surface area (Å²) in [6.45, 7) is 1.64. The molecular weight excluding hydrogens is 769 g/mol. The molecule has 0 aromatic carbocycles. The van der Waals surface area contributed by atoms with Crippen LogP contribution in [-0.2, 0) is 9.59 Å². The zero-order valence-electron chi connectivity index (χ0n) is 38.2. The van der Waals surface area contributed by atoms with Crippen molar-refractivity contribution < 1.29 is 60.7 Å². The molecule has 0 aliphatic rings. The molecule has 0 radical (unpaired) electrons. The quantitative estimate of drug-likeness (QED) is 0.0205. The third-order valence-electron chi connectivity index (χ3n) is 12.1. The Bertz CT molecular complexity index is 968. The van der Waals surface area contributed by atoms with Crippen molar-refractivity contribution >= 4 is 11.9 Å². The van der Waals surface area contributed by atoms with E-state index in [-0.39, 0.29) is 19.3 Å². The maximum absolute atomic E-state index is 13.0. The number of rotatable bonds is 43. The molecule has 0 bridgehead atoms. The van der Waals surface area contributed by atoms with Crippen LogP contribution in [0.15, 0.2) is 12.2 Å². The molecule has 12 nitrogen and oxygen atoms in total. The molecule has 0 spiro atoms. The molecule has 60 heavy (non-hydrogen) atoms. The number of hydrogen-bond acceptors (Lipinski definition) is 10. The lowest BCUT2D eigenvalue weighted by Crippen LogP contribution is -2.55. The fraction of sp³-hybridized carbons (Fsp3) is 0.917. The van der Waals surface area contributed by atoms with E-state index in [1.807, 2.05) is 0 Å². The van der Waals surface area contributed by atoms with Crippen molar-refractivity contribution in [2.75, 3.05) is 26.4 Å². The topological polar surface area (TPSA) is 236 Å². The first-order valence-electron chi connectivity index (χ1n) is 24.1. The molecular formula is C48H94O12. The molecule has 358 valence electrons. The average Bonchev–Trinajstić information content (AvgIpc) is 3.23. The maximum atomic E-state index is 13.0. The van der Waals surface area contributed by atoms with Crippen molar-refractivity contribution in [2.45, 2.75) is 244 Å². The number of aliphatic hydroxyl groups excluding tert-OH is 8. The Balaban J connectivity index is 0. The summed E-state index contributed by atoms with van der Waals surface area (Å²) in [4.78, 5) is 23.3. The van der Waals surface area contributed by atoms with Crippen LogP contribution in [0.1, 0.15) is 219 Å². The number of carbonyl (C=O) groups is 2. The number of unbranched alkanes of at least 4 members (excludes halogenated alkanes) is 23. The third kappa shape index (κ3) is 31.2. The van der Waals surface area contributed by atoms with Crippen LogP contribution in [0.4, 0.5) is 0 Å². The summed E-state index contributed by atoms with van der Waals surface area (Å²) in [7, 11) is 0. The van der Waals surface area contributed by atoms with Crippen molar-refractivity contribution in [1.82, 2.24) is 0 Å². The first-order valence-corrected chi connectivity index (χ1v) is 24.1. The van der Waals surface area contributed by atoms with E-state index in [1.165, 1.54) is 122 Å². The molecule has 0 aliphatic heterocycles. The molecule has 0 fully saturated rings. The molecule has 10 N–H and O–H groups in total. The van der Waals surface area contributed by atoms with E-state index in [9.17, 15) is 55.5 Å². The van der Waals surface area contributed by atoms with Gasteiger partial charge in [-0.2, -0.15) is 0 Å². The molecule has 0 saturated carbocycles. The van der Waals surface area contributed by atoms with Crippen LogP contribution in [0.25, 0.3) is 0 Å². The highest BCUT2D eigenvalue weighted by Crippen LogP contribution is 2.56. The first-order chi connectivity index (χ1) is 28.8. The number of hydrogen-bond donors (Lipinski definition) is 10. The van der Waals surface area contributed by atoms with Crippen molar-refractivity contribution in [1.29, 1.82) is 0 Å². The van der Waals surface area contributed by atoms with Crippen molar-refractivity contribution in [2.24, 2.45) is 10.8 Å². The lowest BCUT2D eigenvalue weighted by molar-refractivity contribution is -0.178. The van der Waals surface area contributed by atoms with E-state index in [1.54, 1.807) is 0 Å². The smallest absolute Gasteiger partial charge is 0.310 e. The Labute approximate surface area is 364 Å². The van der Waals surface area contributed by atoms with Gasteiger partial charge in [-0.1, -0.05) is 161 Å². The predicted octanol–water partition coefficient (Wildman–Crippen LogP) is 8.61. The van der Waals surface area contributed by atoms with Crippen molar-refractivity contribution in [3.63, 3.8) is 0 Å². The highest BCUT2D eigenvalue weighted by atomic mass is 16.4. The monoisotopic (exact) mass is 863 g/mol. The zero-order chi connectivity index (χ0) is 45.3. The van der Waals surface area contributed by atoms with E-state index in [2.05, 4.69) is 26.0 Å². The van der Waals surface area contributed by atoms with Gasteiger partial charge in [0.2, 0.25) is 0 Å². The molecule has 0 rings (SSSR count). The summed E-state index contributed by atoms with van der Waals surface area (Å²) in [5.74, 6) is -2.08. The minimum atomic E-state index is -1.99. The number of carboxylic acid groups (broad SMARTS) is 2. The molecule has 0 aromatic rings. The third-order valence-corrected chi connectivity index (χ3v) is 12.1. The van der Waals surface area contributed by atoms with Crippen LogP contribution in [0.2, 0.25) is 0 Å². The maximum Gasteiger partial charge on any atom is 0.310 e. The van der Waals surface area contributed by atoms with Crippen LogP contribution in [0.3, 0.4) is 0 Å². The van der Waals surface area contributed by atoms with Gasteiger partial charge in [-0.15, -0.1) is 0 Å². The minimum Gasteiger partial charge on any atom is -0.481 e. The largest absolute Gasteiger partial charge is 0.481 e. The number of carboxylic acids is 2. The molecule has 0 amide bonds. The zero-order valence-corrected chi connectivity index (χ0v) is 38.2. The van der Waals surface area contributed by atoms with Crippen molar-refractivity contribution in [3.05, 3.63) is 12.2 Å². The summed E-state index contributed by atoms with van der Waals surface area (Å²) in [5, 5.41) is 99.2. The Morgan fingerprint density at radius 3 is 1.05 bits per heavy atom. The number of aliphatic carboxylic acids is 2. The SMILES string of the molecule is CCCCCCCC/C=C\CCCCCCCC(=O)O.CCCCCCCCCCCCCCCC(CC(O)CO)(CC(O)CO)C(CC(O)CO)(CC(O)CO)C(=O)O. The summed E-state index contributed by atoms with van der Waals surface area (Å²) in [5.41, 5.74) is -3.46. The van der Waals surface area contributed by atoms with Crippen LogP contribution >= 0.6 is 0 Å². The summed E-state index contributed by atoms with van der Waals surface area (Å²) < 4.78 is 0. The van der Waals surface area contributed by atoms with E-state index >= 15 is 0 Å². The van der Waals surface area contributed by atoms with Gasteiger partial charge in [-0.05, 0) is 69.6 Å².